The van der Waals surface area contributed by atoms with Gasteiger partial charge in [-0.1, -0.05) is 5.10 Å². The van der Waals surface area contributed by atoms with Crippen molar-refractivity contribution >= 4 is 11.9 Å². The summed E-state index contributed by atoms with van der Waals surface area (Å²) in [5.41, 5.74) is 3.23. The van der Waals surface area contributed by atoms with Gasteiger partial charge in [-0.2, -0.15) is 10.5 Å². The summed E-state index contributed by atoms with van der Waals surface area (Å²) < 4.78 is 2.00. The second-order valence-electron chi connectivity index (χ2n) is 9.26. The van der Waals surface area contributed by atoms with Gasteiger partial charge in [-0.25, -0.2) is 4.90 Å². The van der Waals surface area contributed by atoms with E-state index in [0.717, 1.165) is 24.8 Å². The molecule has 0 aromatic carbocycles. The summed E-state index contributed by atoms with van der Waals surface area (Å²) >= 11 is 0. The predicted molar refractivity (Wildman–Crippen MR) is 113 cm³/mol. The maximum atomic E-state index is 6.31. The highest BCUT2D eigenvalue weighted by molar-refractivity contribution is 5.82. The normalized spacial score (nSPS) is 18.5. The van der Waals surface area contributed by atoms with Crippen LogP contribution < -0.4 is 5.43 Å². The van der Waals surface area contributed by atoms with Gasteiger partial charge in [-0.05, 0) is 47.0 Å². The SMILES string of the molecule is CN(C)C(=NNC(N(C)CON1C(C)(C)CCCC1(C)C)=[N+](C)C)N(C)C. The van der Waals surface area contributed by atoms with Gasteiger partial charge in [0.25, 0.3) is 0 Å². The van der Waals surface area contributed by atoms with Gasteiger partial charge in [0.15, 0.2) is 6.73 Å². The number of piperidine rings is 1. The largest absolute Gasteiger partial charge is 0.373 e. The molecule has 1 N–H and O–H groups in total. The van der Waals surface area contributed by atoms with Crippen LogP contribution in [0.25, 0.3) is 0 Å². The zero-order valence-electron chi connectivity index (χ0n) is 19.4. The molecule has 27 heavy (non-hydrogen) atoms. The van der Waals surface area contributed by atoms with Crippen molar-refractivity contribution < 1.29 is 9.41 Å². The van der Waals surface area contributed by atoms with E-state index >= 15 is 0 Å². The Morgan fingerprint density at radius 3 is 1.89 bits per heavy atom. The Kier molecular flexibility index (Phi) is 7.92. The van der Waals surface area contributed by atoms with E-state index in [2.05, 4.69) is 43.3 Å². The van der Waals surface area contributed by atoms with Crippen molar-refractivity contribution in [3.63, 3.8) is 0 Å². The predicted octanol–water partition coefficient (Wildman–Crippen LogP) is 1.46. The van der Waals surface area contributed by atoms with E-state index in [-0.39, 0.29) is 11.1 Å². The molecule has 0 bridgehead atoms. The van der Waals surface area contributed by atoms with Gasteiger partial charge in [-0.15, -0.1) is 0 Å². The van der Waals surface area contributed by atoms with Gasteiger partial charge in [0.2, 0.25) is 5.96 Å². The maximum absolute atomic E-state index is 6.31. The molecule has 0 amide bonds. The Hall–Kier alpha value is -1.54. The summed E-state index contributed by atoms with van der Waals surface area (Å²) in [6, 6.07) is 0. The highest BCUT2D eigenvalue weighted by Gasteiger charge is 2.43. The molecule has 0 atom stereocenters. The number of hydroxylamine groups is 2. The Morgan fingerprint density at radius 2 is 1.48 bits per heavy atom. The molecule has 158 valence electrons. The summed E-state index contributed by atoms with van der Waals surface area (Å²) in [7, 11) is 13.9. The lowest BCUT2D eigenvalue weighted by molar-refractivity contribution is -0.473. The van der Waals surface area contributed by atoms with Crippen molar-refractivity contribution in [2.45, 2.75) is 58.0 Å². The molecule has 0 radical (unpaired) electrons. The van der Waals surface area contributed by atoms with Crippen molar-refractivity contribution in [3.8, 4) is 0 Å². The molecule has 1 aliphatic heterocycles. The number of hydrogen-bond donors (Lipinski definition) is 1. The van der Waals surface area contributed by atoms with Crippen molar-refractivity contribution in [1.82, 2.24) is 25.2 Å². The first-order valence-electron chi connectivity index (χ1n) is 9.66. The lowest BCUT2D eigenvalue weighted by atomic mass is 9.82. The lowest BCUT2D eigenvalue weighted by Crippen LogP contribution is -2.59. The van der Waals surface area contributed by atoms with Crippen LogP contribution >= 0.6 is 0 Å². The quantitative estimate of drug-likeness (QED) is 0.260. The molecule has 1 rings (SSSR count). The Morgan fingerprint density at radius 1 is 1.00 bits per heavy atom. The van der Waals surface area contributed by atoms with Crippen LogP contribution in [0, 0.1) is 0 Å². The second-order valence-corrected chi connectivity index (χ2v) is 9.26. The van der Waals surface area contributed by atoms with E-state index in [9.17, 15) is 0 Å². The Balaban J connectivity index is 2.87. The van der Waals surface area contributed by atoms with Crippen LogP contribution in [0.3, 0.4) is 0 Å². The van der Waals surface area contributed by atoms with Gasteiger partial charge in [0.1, 0.15) is 0 Å². The van der Waals surface area contributed by atoms with Gasteiger partial charge in [0.05, 0.1) is 21.1 Å². The molecule has 8 heteroatoms. The number of rotatable bonds is 4. The molecule has 0 spiro atoms. The van der Waals surface area contributed by atoms with Gasteiger partial charge >= 0.3 is 5.96 Å². The molecule has 0 aromatic heterocycles. The van der Waals surface area contributed by atoms with Crippen LogP contribution in [0.1, 0.15) is 47.0 Å². The van der Waals surface area contributed by atoms with Crippen LogP contribution in [0.5, 0.6) is 0 Å². The second kappa shape index (κ2) is 9.10. The van der Waals surface area contributed by atoms with E-state index in [1.807, 2.05) is 68.6 Å². The molecule has 1 fully saturated rings. The molecule has 8 nitrogen and oxygen atoms in total. The Bertz CT molecular complexity index is 522. The average molecular weight is 385 g/mol. The van der Waals surface area contributed by atoms with Crippen LogP contribution in [0.2, 0.25) is 0 Å². The van der Waals surface area contributed by atoms with Crippen molar-refractivity contribution in [2.24, 2.45) is 5.10 Å². The third-order valence-electron chi connectivity index (χ3n) is 4.90. The summed E-state index contributed by atoms with van der Waals surface area (Å²) in [6.45, 7) is 9.48. The maximum Gasteiger partial charge on any atom is 0.373 e. The molecule has 0 aromatic rings. The molecule has 1 saturated heterocycles. The van der Waals surface area contributed by atoms with Crippen LogP contribution in [0.15, 0.2) is 5.10 Å². The third-order valence-corrected chi connectivity index (χ3v) is 4.90. The summed E-state index contributed by atoms with van der Waals surface area (Å²) in [5.74, 6) is 1.70. The Labute approximate surface area is 166 Å². The van der Waals surface area contributed by atoms with Crippen molar-refractivity contribution in [1.29, 1.82) is 0 Å². The standard InChI is InChI=1S/C19H41N7O/c1-18(2)13-12-14-19(3,4)26(18)27-15-25(11)17(24(9)10)21-20-16(22(5)6)23(7)8/h12-15H2,1-11H3/p+1. The van der Waals surface area contributed by atoms with Crippen LogP contribution in [0.4, 0.5) is 0 Å². The van der Waals surface area contributed by atoms with Crippen LogP contribution in [-0.2, 0) is 4.84 Å². The molecule has 1 heterocycles. The number of hydrogen-bond acceptors (Lipinski definition) is 3. The fourth-order valence-electron chi connectivity index (χ4n) is 3.76. The zero-order chi connectivity index (χ0) is 21.0. The first kappa shape index (κ1) is 23.5. The minimum atomic E-state index is 0.0233. The van der Waals surface area contributed by atoms with Crippen molar-refractivity contribution in [2.75, 3.05) is 56.1 Å². The highest BCUT2D eigenvalue weighted by Crippen LogP contribution is 2.38. The minimum Gasteiger partial charge on any atom is -0.346 e. The van der Waals surface area contributed by atoms with Crippen molar-refractivity contribution in [3.05, 3.63) is 0 Å². The topological polar surface area (TPSA) is 49.6 Å². The summed E-state index contributed by atoms with van der Waals surface area (Å²) in [5, 5.41) is 6.73. The molecular weight excluding hydrogens is 342 g/mol. The van der Waals surface area contributed by atoms with E-state index in [1.54, 1.807) is 0 Å². The highest BCUT2D eigenvalue weighted by atomic mass is 16.7. The summed E-state index contributed by atoms with van der Waals surface area (Å²) in [6.07, 6.45) is 3.52. The monoisotopic (exact) mass is 384 g/mol. The zero-order valence-corrected chi connectivity index (χ0v) is 19.4. The number of nitrogens with one attached hydrogen (secondary N) is 1. The lowest BCUT2D eigenvalue weighted by Gasteiger charge is -2.51. The van der Waals surface area contributed by atoms with Gasteiger partial charge in [-0.3, -0.25) is 9.41 Å². The molecule has 0 aliphatic carbocycles. The molecule has 1 aliphatic rings. The molecule has 0 saturated carbocycles. The van der Waals surface area contributed by atoms with Gasteiger partial charge < -0.3 is 9.80 Å². The van der Waals surface area contributed by atoms with E-state index in [4.69, 9.17) is 4.84 Å². The van der Waals surface area contributed by atoms with Crippen LogP contribution in [-0.4, -0.2) is 103 Å². The van der Waals surface area contributed by atoms with E-state index in [0.29, 0.717) is 6.73 Å². The van der Waals surface area contributed by atoms with E-state index < -0.39 is 0 Å². The first-order valence-corrected chi connectivity index (χ1v) is 9.66. The van der Waals surface area contributed by atoms with E-state index in [1.165, 1.54) is 6.42 Å². The number of guanidine groups is 2. The third kappa shape index (κ3) is 6.24. The first-order chi connectivity index (χ1) is 12.3. The summed E-state index contributed by atoms with van der Waals surface area (Å²) in [4.78, 5) is 12.3. The number of hydrazone groups is 1. The fourth-order valence-corrected chi connectivity index (χ4v) is 3.76. The van der Waals surface area contributed by atoms with Gasteiger partial charge in [0, 0.05) is 39.3 Å². The minimum absolute atomic E-state index is 0.0233. The fraction of sp³-hybridized carbons (Fsp3) is 0.895. The molecule has 0 unspecified atom stereocenters. The number of nitrogens with zero attached hydrogens (tertiary/aromatic N) is 6. The molecular formula is C19H42N7O+. The average Bonchev–Trinajstić information content (AvgIpc) is 2.48. The smallest absolute Gasteiger partial charge is 0.346 e.